The smallest absolute Gasteiger partial charge is 0.355 e. The molecule has 0 fully saturated rings. The predicted octanol–water partition coefficient (Wildman–Crippen LogP) is 3.36. The van der Waals surface area contributed by atoms with Crippen LogP contribution in [0.25, 0.3) is 0 Å². The van der Waals surface area contributed by atoms with Crippen LogP contribution in [0.4, 0.5) is 18.9 Å². The Labute approximate surface area is 149 Å². The average Bonchev–Trinajstić information content (AvgIpc) is 2.84. The van der Waals surface area contributed by atoms with E-state index in [2.05, 4.69) is 25.4 Å². The molecule has 1 aliphatic heterocycles. The van der Waals surface area contributed by atoms with Gasteiger partial charge in [-0.15, -0.1) is 0 Å². The molecule has 0 spiro atoms. The van der Waals surface area contributed by atoms with Crippen molar-refractivity contribution in [3.05, 3.63) is 63.7 Å². The lowest BCUT2D eigenvalue weighted by Crippen LogP contribution is -2.27. The van der Waals surface area contributed by atoms with Crippen molar-refractivity contribution in [1.82, 2.24) is 0 Å². The van der Waals surface area contributed by atoms with Gasteiger partial charge in [-0.1, -0.05) is 6.08 Å². The molecule has 0 atom stereocenters. The number of hydrogen-bond donors (Lipinski definition) is 0. The Balaban J connectivity index is 2.78. The van der Waals surface area contributed by atoms with E-state index in [0.717, 1.165) is 19.1 Å². The van der Waals surface area contributed by atoms with Gasteiger partial charge in [-0.3, -0.25) is 0 Å². The van der Waals surface area contributed by atoms with Gasteiger partial charge >= 0.3 is 11.9 Å². The summed E-state index contributed by atoms with van der Waals surface area (Å²) in [5.41, 5.74) is -0.819. The molecule has 0 bridgehead atoms. The summed E-state index contributed by atoms with van der Waals surface area (Å²) in [5, 5.41) is 0. The van der Waals surface area contributed by atoms with Crippen LogP contribution in [0.1, 0.15) is 0 Å². The van der Waals surface area contributed by atoms with E-state index in [9.17, 15) is 22.8 Å². The molecule has 25 heavy (non-hydrogen) atoms. The molecule has 2 rings (SSSR count). The molecule has 5 nitrogen and oxygen atoms in total. The number of allylic oxidation sites excluding steroid dienone is 2. The molecular formula is C16H11BrF3NO4. The van der Waals surface area contributed by atoms with Gasteiger partial charge in [0.2, 0.25) is 0 Å². The lowest BCUT2D eigenvalue weighted by molar-refractivity contribution is -0.139. The lowest BCUT2D eigenvalue weighted by Gasteiger charge is -2.24. The maximum atomic E-state index is 13.9. The minimum absolute atomic E-state index is 0.212. The lowest BCUT2D eigenvalue weighted by atomic mass is 10.1. The zero-order valence-electron chi connectivity index (χ0n) is 13.0. The Morgan fingerprint density at radius 2 is 1.68 bits per heavy atom. The molecule has 0 aliphatic carbocycles. The Morgan fingerprint density at radius 3 is 2.28 bits per heavy atom. The number of rotatable bonds is 3. The SMILES string of the molecule is COC(=O)C1=C(C(=O)OC)N(c2cc(F)c(F)c(F)c2Br)C=CC=C1. The average molecular weight is 418 g/mol. The molecule has 0 aromatic heterocycles. The quantitative estimate of drug-likeness (QED) is 0.428. The number of methoxy groups -OCH3 is 2. The van der Waals surface area contributed by atoms with E-state index in [4.69, 9.17) is 0 Å². The van der Waals surface area contributed by atoms with Gasteiger partial charge in [-0.2, -0.15) is 0 Å². The second kappa shape index (κ2) is 7.56. The molecule has 1 aromatic carbocycles. The Morgan fingerprint density at radius 1 is 1.04 bits per heavy atom. The van der Waals surface area contributed by atoms with E-state index >= 15 is 0 Å². The highest BCUT2D eigenvalue weighted by atomic mass is 79.9. The first-order chi connectivity index (χ1) is 11.8. The third kappa shape index (κ3) is 3.46. The molecule has 132 valence electrons. The third-order valence-corrected chi connectivity index (χ3v) is 3.99. The van der Waals surface area contributed by atoms with Crippen molar-refractivity contribution in [3.8, 4) is 0 Å². The van der Waals surface area contributed by atoms with Crippen LogP contribution < -0.4 is 4.90 Å². The summed E-state index contributed by atoms with van der Waals surface area (Å²) in [4.78, 5) is 25.2. The Bertz CT molecular complexity index is 833. The number of halogens is 4. The van der Waals surface area contributed by atoms with E-state index < -0.39 is 33.9 Å². The number of benzene rings is 1. The molecule has 1 aliphatic rings. The van der Waals surface area contributed by atoms with Gasteiger partial charge < -0.3 is 14.4 Å². The van der Waals surface area contributed by atoms with Gasteiger partial charge in [0, 0.05) is 12.3 Å². The molecular weight excluding hydrogens is 407 g/mol. The van der Waals surface area contributed by atoms with Gasteiger partial charge in [0.05, 0.1) is 30.0 Å². The number of carbonyl (C=O) groups is 2. The van der Waals surface area contributed by atoms with Crippen molar-refractivity contribution in [2.24, 2.45) is 0 Å². The molecule has 1 heterocycles. The number of carbonyl (C=O) groups excluding carboxylic acids is 2. The van der Waals surface area contributed by atoms with Crippen LogP contribution in [-0.4, -0.2) is 26.2 Å². The van der Waals surface area contributed by atoms with Crippen molar-refractivity contribution in [3.63, 3.8) is 0 Å². The molecule has 0 N–H and O–H groups in total. The van der Waals surface area contributed by atoms with Gasteiger partial charge in [0.25, 0.3) is 0 Å². The summed E-state index contributed by atoms with van der Waals surface area (Å²) in [6.07, 6.45) is 5.36. The topological polar surface area (TPSA) is 55.8 Å². The Kier molecular flexibility index (Phi) is 5.68. The van der Waals surface area contributed by atoms with E-state index in [0.29, 0.717) is 6.07 Å². The summed E-state index contributed by atoms with van der Waals surface area (Å²) < 4.78 is 49.8. The number of hydrogen-bond acceptors (Lipinski definition) is 5. The van der Waals surface area contributed by atoms with Crippen molar-refractivity contribution >= 4 is 33.6 Å². The molecule has 0 amide bonds. The summed E-state index contributed by atoms with van der Waals surface area (Å²) in [6.45, 7) is 0. The van der Waals surface area contributed by atoms with Crippen molar-refractivity contribution in [2.45, 2.75) is 0 Å². The second-order valence-corrected chi connectivity index (χ2v) is 5.43. The van der Waals surface area contributed by atoms with E-state index in [1.807, 2.05) is 0 Å². The maximum Gasteiger partial charge on any atom is 0.355 e. The Hall–Kier alpha value is -2.55. The highest BCUT2D eigenvalue weighted by Crippen LogP contribution is 2.36. The fraction of sp³-hybridized carbons (Fsp3) is 0.125. The summed E-state index contributed by atoms with van der Waals surface area (Å²) >= 11 is 2.83. The van der Waals surface area contributed by atoms with E-state index in [-0.39, 0.29) is 17.0 Å². The van der Waals surface area contributed by atoms with Gasteiger partial charge in [-0.25, -0.2) is 22.8 Å². The van der Waals surface area contributed by atoms with Gasteiger partial charge in [0.15, 0.2) is 17.5 Å². The highest BCUT2D eigenvalue weighted by Gasteiger charge is 2.30. The normalized spacial score (nSPS) is 13.8. The van der Waals surface area contributed by atoms with Crippen LogP contribution in [0.5, 0.6) is 0 Å². The van der Waals surface area contributed by atoms with Crippen LogP contribution in [0.15, 0.2) is 46.2 Å². The number of anilines is 1. The summed E-state index contributed by atoms with van der Waals surface area (Å²) in [6, 6.07) is 0.677. The van der Waals surface area contributed by atoms with Crippen LogP contribution in [0, 0.1) is 17.5 Å². The van der Waals surface area contributed by atoms with Crippen LogP contribution in [0.2, 0.25) is 0 Å². The number of ether oxygens (including phenoxy) is 2. The zero-order chi connectivity index (χ0) is 18.7. The minimum atomic E-state index is -1.68. The van der Waals surface area contributed by atoms with Crippen molar-refractivity contribution in [1.29, 1.82) is 0 Å². The third-order valence-electron chi connectivity index (χ3n) is 3.23. The van der Waals surface area contributed by atoms with Crippen LogP contribution in [0.3, 0.4) is 0 Å². The van der Waals surface area contributed by atoms with Crippen molar-refractivity contribution in [2.75, 3.05) is 19.1 Å². The predicted molar refractivity (Wildman–Crippen MR) is 85.8 cm³/mol. The molecule has 0 radical (unpaired) electrons. The van der Waals surface area contributed by atoms with Gasteiger partial charge in [-0.05, 0) is 28.1 Å². The first-order valence-corrected chi connectivity index (χ1v) is 7.50. The highest BCUT2D eigenvalue weighted by molar-refractivity contribution is 9.10. The molecule has 9 heteroatoms. The monoisotopic (exact) mass is 417 g/mol. The molecule has 0 unspecified atom stereocenters. The first-order valence-electron chi connectivity index (χ1n) is 6.71. The zero-order valence-corrected chi connectivity index (χ0v) is 14.6. The number of esters is 2. The first kappa shape index (κ1) is 18.8. The fourth-order valence-corrected chi connectivity index (χ4v) is 2.57. The second-order valence-electron chi connectivity index (χ2n) is 4.64. The largest absolute Gasteiger partial charge is 0.465 e. The summed E-state index contributed by atoms with van der Waals surface area (Å²) in [5.74, 6) is -6.46. The molecule has 0 saturated carbocycles. The summed E-state index contributed by atoms with van der Waals surface area (Å²) in [7, 11) is 2.18. The van der Waals surface area contributed by atoms with Crippen LogP contribution in [-0.2, 0) is 19.1 Å². The molecule has 1 aromatic rings. The van der Waals surface area contributed by atoms with Crippen LogP contribution >= 0.6 is 15.9 Å². The fourth-order valence-electron chi connectivity index (χ4n) is 2.09. The standard InChI is InChI=1S/C16H11BrF3NO4/c1-24-15(22)8-5-3-4-6-21(14(8)16(23)25-2)10-7-9(18)12(19)13(20)11(10)17/h3-7H,1-2H3. The number of nitrogens with zero attached hydrogens (tertiary/aromatic N) is 1. The van der Waals surface area contributed by atoms with E-state index in [1.165, 1.54) is 24.4 Å². The minimum Gasteiger partial charge on any atom is -0.465 e. The maximum absolute atomic E-state index is 13.9. The van der Waals surface area contributed by atoms with Crippen molar-refractivity contribution < 1.29 is 32.2 Å². The van der Waals surface area contributed by atoms with Gasteiger partial charge in [0.1, 0.15) is 5.70 Å². The molecule has 0 saturated heterocycles. The van der Waals surface area contributed by atoms with E-state index in [1.54, 1.807) is 0 Å².